The molecule has 1 heterocycles. The first kappa shape index (κ1) is 13.1. The molecule has 1 aromatic rings. The van der Waals surface area contributed by atoms with Gasteiger partial charge in [-0.15, -0.1) is 0 Å². The maximum Gasteiger partial charge on any atom is 0.264 e. The number of fused-ring (bicyclic) bond motifs is 1. The lowest BCUT2D eigenvalue weighted by Crippen LogP contribution is -2.22. The maximum atomic E-state index is 10.9. The monoisotopic (exact) mass is 340 g/mol. The summed E-state index contributed by atoms with van der Waals surface area (Å²) in [4.78, 5) is 0. The second kappa shape index (κ2) is 4.76. The number of hydrogen-bond acceptors (Lipinski definition) is 4. The molecule has 0 saturated carbocycles. The van der Waals surface area contributed by atoms with E-state index in [0.29, 0.717) is 17.2 Å². The molecule has 1 unspecified atom stereocenters. The quantitative estimate of drug-likeness (QED) is 0.792. The topological polar surface area (TPSA) is 52.6 Å². The summed E-state index contributed by atoms with van der Waals surface area (Å²) >= 11 is 9.26. The van der Waals surface area contributed by atoms with Gasteiger partial charge in [0.15, 0.2) is 0 Å². The first-order valence-corrected chi connectivity index (χ1v) is 7.83. The van der Waals surface area contributed by atoms with E-state index in [-0.39, 0.29) is 12.7 Å². The minimum Gasteiger partial charge on any atom is -0.486 e. The first-order valence-electron chi connectivity index (χ1n) is 4.84. The van der Waals surface area contributed by atoms with Crippen molar-refractivity contribution in [2.45, 2.75) is 12.5 Å². The smallest absolute Gasteiger partial charge is 0.264 e. The molecule has 0 bridgehead atoms. The average Bonchev–Trinajstić information content (AvgIpc) is 2.56. The van der Waals surface area contributed by atoms with Gasteiger partial charge >= 0.3 is 0 Å². The molecule has 0 amide bonds. The standard InChI is InChI=1S/C10H10BrClO4S/c1-17(13,14)15-5-8-3-6-2-7(12)4-9(11)10(6)16-8/h2,4,8H,3,5H2,1H3. The summed E-state index contributed by atoms with van der Waals surface area (Å²) in [5.41, 5.74) is 0.950. The first-order chi connectivity index (χ1) is 7.85. The minimum absolute atomic E-state index is 0.0115. The molecule has 0 spiro atoms. The lowest BCUT2D eigenvalue weighted by molar-refractivity contribution is 0.152. The lowest BCUT2D eigenvalue weighted by atomic mass is 10.1. The van der Waals surface area contributed by atoms with E-state index in [1.807, 2.05) is 6.07 Å². The highest BCUT2D eigenvalue weighted by Crippen LogP contribution is 2.38. The molecule has 0 fully saturated rings. The van der Waals surface area contributed by atoms with Gasteiger partial charge in [-0.25, -0.2) is 0 Å². The molecule has 7 heteroatoms. The summed E-state index contributed by atoms with van der Waals surface area (Å²) < 4.78 is 32.8. The van der Waals surface area contributed by atoms with Gasteiger partial charge in [0, 0.05) is 17.0 Å². The maximum absolute atomic E-state index is 10.9. The normalized spacial score (nSPS) is 18.9. The van der Waals surface area contributed by atoms with E-state index in [1.165, 1.54) is 0 Å². The third-order valence-electron chi connectivity index (χ3n) is 2.29. The molecule has 17 heavy (non-hydrogen) atoms. The van der Waals surface area contributed by atoms with Crippen LogP contribution in [0.5, 0.6) is 5.75 Å². The van der Waals surface area contributed by atoms with Crippen LogP contribution in [0.25, 0.3) is 0 Å². The van der Waals surface area contributed by atoms with Gasteiger partial charge in [-0.3, -0.25) is 4.18 Å². The van der Waals surface area contributed by atoms with Gasteiger partial charge in [-0.2, -0.15) is 8.42 Å². The fourth-order valence-electron chi connectivity index (χ4n) is 1.64. The van der Waals surface area contributed by atoms with Crippen molar-refractivity contribution in [1.29, 1.82) is 0 Å². The van der Waals surface area contributed by atoms with Crippen molar-refractivity contribution >= 4 is 37.6 Å². The van der Waals surface area contributed by atoms with Crippen LogP contribution in [0.1, 0.15) is 5.56 Å². The lowest BCUT2D eigenvalue weighted by Gasteiger charge is -2.10. The zero-order chi connectivity index (χ0) is 12.6. The van der Waals surface area contributed by atoms with Crippen molar-refractivity contribution < 1.29 is 17.3 Å². The van der Waals surface area contributed by atoms with Gasteiger partial charge in [0.25, 0.3) is 10.1 Å². The van der Waals surface area contributed by atoms with Gasteiger partial charge in [-0.05, 0) is 28.1 Å². The van der Waals surface area contributed by atoms with Crippen LogP contribution in [0.3, 0.4) is 0 Å². The highest BCUT2D eigenvalue weighted by molar-refractivity contribution is 9.10. The predicted octanol–water partition coefficient (Wildman–Crippen LogP) is 2.38. The fraction of sp³-hybridized carbons (Fsp3) is 0.400. The number of rotatable bonds is 3. The van der Waals surface area contributed by atoms with E-state index in [1.54, 1.807) is 6.07 Å². The van der Waals surface area contributed by atoms with Crippen molar-refractivity contribution in [2.75, 3.05) is 12.9 Å². The molecule has 1 aliphatic heterocycles. The van der Waals surface area contributed by atoms with Crippen LogP contribution in [0, 0.1) is 0 Å². The molecule has 1 atom stereocenters. The third-order valence-corrected chi connectivity index (χ3v) is 3.66. The van der Waals surface area contributed by atoms with E-state index in [0.717, 1.165) is 16.3 Å². The highest BCUT2D eigenvalue weighted by atomic mass is 79.9. The van der Waals surface area contributed by atoms with Crippen molar-refractivity contribution in [1.82, 2.24) is 0 Å². The SMILES string of the molecule is CS(=O)(=O)OCC1Cc2cc(Cl)cc(Br)c2O1. The minimum atomic E-state index is -3.44. The molecule has 1 aliphatic rings. The fourth-order valence-corrected chi connectivity index (χ4v) is 3.01. The molecular weight excluding hydrogens is 332 g/mol. The number of ether oxygens (including phenoxy) is 1. The Morgan fingerprint density at radius 1 is 1.59 bits per heavy atom. The van der Waals surface area contributed by atoms with Crippen LogP contribution in [0.2, 0.25) is 5.02 Å². The van der Waals surface area contributed by atoms with Gasteiger partial charge in [0.2, 0.25) is 0 Å². The summed E-state index contributed by atoms with van der Waals surface area (Å²) in [6.45, 7) is 0.0115. The Bertz CT molecular complexity index is 543. The van der Waals surface area contributed by atoms with Gasteiger partial charge in [-0.1, -0.05) is 11.6 Å². The van der Waals surface area contributed by atoms with Gasteiger partial charge < -0.3 is 4.74 Å². The van der Waals surface area contributed by atoms with Crippen molar-refractivity contribution in [3.05, 3.63) is 27.2 Å². The number of halogens is 2. The Balaban J connectivity index is 2.09. The molecule has 4 nitrogen and oxygen atoms in total. The molecule has 0 aromatic heterocycles. The largest absolute Gasteiger partial charge is 0.486 e. The summed E-state index contributed by atoms with van der Waals surface area (Å²) in [5.74, 6) is 0.705. The van der Waals surface area contributed by atoms with Crippen molar-refractivity contribution in [2.24, 2.45) is 0 Å². The molecule has 0 aliphatic carbocycles. The van der Waals surface area contributed by atoms with E-state index in [4.69, 9.17) is 20.5 Å². The summed E-state index contributed by atoms with van der Waals surface area (Å²) in [6, 6.07) is 3.54. The summed E-state index contributed by atoms with van der Waals surface area (Å²) in [6.07, 6.45) is 1.31. The van der Waals surface area contributed by atoms with Gasteiger partial charge in [0.1, 0.15) is 18.5 Å². The number of benzene rings is 1. The van der Waals surface area contributed by atoms with Crippen LogP contribution < -0.4 is 4.74 Å². The Hall–Kier alpha value is -0.300. The van der Waals surface area contributed by atoms with Crippen LogP contribution in [0.15, 0.2) is 16.6 Å². The summed E-state index contributed by atoms with van der Waals surface area (Å²) in [5, 5.41) is 0.615. The molecule has 0 saturated heterocycles. The number of hydrogen-bond donors (Lipinski definition) is 0. The van der Waals surface area contributed by atoms with Crippen LogP contribution in [0.4, 0.5) is 0 Å². The Morgan fingerprint density at radius 3 is 2.94 bits per heavy atom. The van der Waals surface area contributed by atoms with Crippen LogP contribution in [-0.2, 0) is 20.7 Å². The summed E-state index contributed by atoms with van der Waals surface area (Å²) in [7, 11) is -3.44. The second-order valence-corrected chi connectivity index (χ2v) is 6.74. The molecule has 0 N–H and O–H groups in total. The average molecular weight is 342 g/mol. The molecule has 2 rings (SSSR count). The van der Waals surface area contributed by atoms with Crippen molar-refractivity contribution in [3.8, 4) is 5.75 Å². The molecule has 1 aromatic carbocycles. The highest BCUT2D eigenvalue weighted by Gasteiger charge is 2.26. The van der Waals surface area contributed by atoms with E-state index in [2.05, 4.69) is 15.9 Å². The molecule has 0 radical (unpaired) electrons. The zero-order valence-corrected chi connectivity index (χ0v) is 12.1. The van der Waals surface area contributed by atoms with E-state index < -0.39 is 10.1 Å². The van der Waals surface area contributed by atoms with Crippen LogP contribution in [-0.4, -0.2) is 27.4 Å². The molecule has 94 valence electrons. The van der Waals surface area contributed by atoms with E-state index in [9.17, 15) is 8.42 Å². The van der Waals surface area contributed by atoms with E-state index >= 15 is 0 Å². The predicted molar refractivity (Wildman–Crippen MR) is 68.1 cm³/mol. The molecular formula is C10H10BrClO4S. The van der Waals surface area contributed by atoms with Crippen LogP contribution >= 0.6 is 27.5 Å². The third kappa shape index (κ3) is 3.34. The Morgan fingerprint density at radius 2 is 2.29 bits per heavy atom. The second-order valence-electron chi connectivity index (χ2n) is 3.81. The zero-order valence-electron chi connectivity index (χ0n) is 8.94. The Labute approximate surface area is 113 Å². The van der Waals surface area contributed by atoms with Crippen molar-refractivity contribution in [3.63, 3.8) is 0 Å². The Kier molecular flexibility index (Phi) is 3.68. The van der Waals surface area contributed by atoms with Gasteiger partial charge in [0.05, 0.1) is 10.7 Å².